The van der Waals surface area contributed by atoms with E-state index >= 15 is 0 Å². The molecule has 3 rings (SSSR count). The zero-order valence-electron chi connectivity index (χ0n) is 13.2. The molecule has 1 aliphatic rings. The van der Waals surface area contributed by atoms with Crippen LogP contribution in [0.25, 0.3) is 6.08 Å². The molecule has 0 amide bonds. The zero-order chi connectivity index (χ0) is 16.4. The molecule has 0 saturated heterocycles. The predicted octanol–water partition coefficient (Wildman–Crippen LogP) is 4.03. The molecule has 1 N–H and O–H groups in total. The minimum atomic E-state index is 0.0156. The van der Waals surface area contributed by atoms with Gasteiger partial charge in [0, 0.05) is 31.1 Å². The number of fused-ring (bicyclic) bond motifs is 1. The lowest BCUT2D eigenvalue weighted by molar-refractivity contribution is -0.114. The fourth-order valence-corrected chi connectivity index (χ4v) is 3.33. The molecule has 0 fully saturated rings. The van der Waals surface area contributed by atoms with Crippen molar-refractivity contribution in [3.8, 4) is 0 Å². The lowest BCUT2D eigenvalue weighted by Gasteiger charge is -2.19. The number of Topliss-reactive ketones (excluding diaryl/α,β-unsaturated/α-hetero) is 1. The summed E-state index contributed by atoms with van der Waals surface area (Å²) in [6.45, 7) is 0. The van der Waals surface area contributed by atoms with Gasteiger partial charge < -0.3 is 4.90 Å². The maximum atomic E-state index is 12.4. The summed E-state index contributed by atoms with van der Waals surface area (Å²) in [6, 6.07) is 15.8. The van der Waals surface area contributed by atoms with E-state index < -0.39 is 0 Å². The molecule has 0 radical (unpaired) electrons. The Bertz CT molecular complexity index is 794. The summed E-state index contributed by atoms with van der Waals surface area (Å²) in [5, 5.41) is 8.58. The van der Waals surface area contributed by atoms with Gasteiger partial charge in [-0.1, -0.05) is 36.0 Å². The SMILES string of the molecule is CN(C)c1ccc2c(c1)CC(=O)C(C(=N)Sc1ccccc1)=C2. The maximum Gasteiger partial charge on any atom is 0.169 e. The molecule has 0 aromatic heterocycles. The molecule has 2 aromatic rings. The summed E-state index contributed by atoms with van der Waals surface area (Å²) in [4.78, 5) is 15.4. The number of rotatable bonds is 3. The topological polar surface area (TPSA) is 44.2 Å². The van der Waals surface area contributed by atoms with Gasteiger partial charge in [-0.2, -0.15) is 0 Å². The van der Waals surface area contributed by atoms with Crippen molar-refractivity contribution in [2.24, 2.45) is 0 Å². The second kappa shape index (κ2) is 6.42. The number of nitrogens with zero attached hydrogens (tertiary/aromatic N) is 1. The second-order valence-corrected chi connectivity index (χ2v) is 6.76. The summed E-state index contributed by atoms with van der Waals surface area (Å²) in [5.41, 5.74) is 3.65. The average molecular weight is 322 g/mol. The van der Waals surface area contributed by atoms with E-state index in [-0.39, 0.29) is 5.78 Å². The fraction of sp³-hybridized carbons (Fsp3) is 0.158. The predicted molar refractivity (Wildman–Crippen MR) is 97.5 cm³/mol. The molecule has 0 unspecified atom stereocenters. The van der Waals surface area contributed by atoms with E-state index in [1.54, 1.807) is 0 Å². The van der Waals surface area contributed by atoms with Gasteiger partial charge in [-0.25, -0.2) is 0 Å². The average Bonchev–Trinajstić information content (AvgIpc) is 2.54. The molecular weight excluding hydrogens is 304 g/mol. The summed E-state index contributed by atoms with van der Waals surface area (Å²) < 4.78 is 0. The number of carbonyl (C=O) groups excluding carboxylic acids is 1. The van der Waals surface area contributed by atoms with Crippen molar-refractivity contribution in [3.05, 3.63) is 65.2 Å². The molecule has 2 aromatic carbocycles. The van der Waals surface area contributed by atoms with Crippen LogP contribution in [-0.4, -0.2) is 24.9 Å². The number of benzene rings is 2. The van der Waals surface area contributed by atoms with E-state index in [1.165, 1.54) is 11.8 Å². The number of thioether (sulfide) groups is 1. The minimum Gasteiger partial charge on any atom is -0.378 e. The van der Waals surface area contributed by atoms with E-state index in [2.05, 4.69) is 6.07 Å². The van der Waals surface area contributed by atoms with Crippen molar-refractivity contribution in [2.75, 3.05) is 19.0 Å². The Balaban J connectivity index is 1.88. The van der Waals surface area contributed by atoms with E-state index in [9.17, 15) is 4.79 Å². The van der Waals surface area contributed by atoms with Crippen LogP contribution in [0.5, 0.6) is 0 Å². The molecule has 0 aliphatic heterocycles. The number of carbonyl (C=O) groups is 1. The van der Waals surface area contributed by atoms with Gasteiger partial charge >= 0.3 is 0 Å². The Labute approximate surface area is 140 Å². The fourth-order valence-electron chi connectivity index (χ4n) is 2.52. The summed E-state index contributed by atoms with van der Waals surface area (Å²) >= 11 is 1.32. The van der Waals surface area contributed by atoms with Gasteiger partial charge in [0.05, 0.1) is 5.57 Å². The van der Waals surface area contributed by atoms with Crippen LogP contribution < -0.4 is 4.90 Å². The van der Waals surface area contributed by atoms with Gasteiger partial charge in [-0.05, 0) is 41.5 Å². The van der Waals surface area contributed by atoms with E-state index in [0.29, 0.717) is 17.0 Å². The van der Waals surface area contributed by atoms with Crippen molar-refractivity contribution in [1.82, 2.24) is 0 Å². The maximum absolute atomic E-state index is 12.4. The number of anilines is 1. The number of nitrogens with one attached hydrogen (secondary N) is 1. The van der Waals surface area contributed by atoms with Crippen LogP contribution in [0, 0.1) is 5.41 Å². The normalized spacial score (nSPS) is 13.3. The first-order chi connectivity index (χ1) is 11.0. The van der Waals surface area contributed by atoms with Gasteiger partial charge in [0.25, 0.3) is 0 Å². The van der Waals surface area contributed by atoms with Crippen LogP contribution in [0.15, 0.2) is 59.0 Å². The molecule has 4 heteroatoms. The third-order valence-corrected chi connectivity index (χ3v) is 4.73. The monoisotopic (exact) mass is 322 g/mol. The van der Waals surface area contributed by atoms with E-state index in [0.717, 1.165) is 21.7 Å². The first-order valence-electron chi connectivity index (χ1n) is 7.41. The molecule has 0 spiro atoms. The van der Waals surface area contributed by atoms with Crippen LogP contribution in [-0.2, 0) is 11.2 Å². The first kappa shape index (κ1) is 15.6. The highest BCUT2D eigenvalue weighted by atomic mass is 32.2. The summed E-state index contributed by atoms with van der Waals surface area (Å²) in [5.74, 6) is 0.0156. The van der Waals surface area contributed by atoms with Crippen LogP contribution in [0.1, 0.15) is 11.1 Å². The van der Waals surface area contributed by atoms with E-state index in [1.807, 2.05) is 67.5 Å². The van der Waals surface area contributed by atoms with Crippen LogP contribution in [0.4, 0.5) is 5.69 Å². The molecule has 23 heavy (non-hydrogen) atoms. The van der Waals surface area contributed by atoms with Crippen LogP contribution >= 0.6 is 11.8 Å². The van der Waals surface area contributed by atoms with Crippen molar-refractivity contribution in [3.63, 3.8) is 0 Å². The van der Waals surface area contributed by atoms with Gasteiger partial charge in [0.2, 0.25) is 0 Å². The third kappa shape index (κ3) is 3.37. The lowest BCUT2D eigenvalue weighted by Crippen LogP contribution is -2.18. The Morgan fingerprint density at radius 1 is 1.13 bits per heavy atom. The Morgan fingerprint density at radius 2 is 1.87 bits per heavy atom. The zero-order valence-corrected chi connectivity index (χ0v) is 14.0. The molecule has 0 atom stereocenters. The highest BCUT2D eigenvalue weighted by molar-refractivity contribution is 8.14. The quantitative estimate of drug-likeness (QED) is 0.527. The Kier molecular flexibility index (Phi) is 4.35. The van der Waals surface area contributed by atoms with Crippen LogP contribution in [0.2, 0.25) is 0 Å². The Hall–Kier alpha value is -2.33. The van der Waals surface area contributed by atoms with Crippen LogP contribution in [0.3, 0.4) is 0 Å². The summed E-state index contributed by atoms with van der Waals surface area (Å²) in [6.07, 6.45) is 2.21. The number of hydrogen-bond acceptors (Lipinski definition) is 4. The minimum absolute atomic E-state index is 0.0156. The molecule has 3 nitrogen and oxygen atoms in total. The summed E-state index contributed by atoms with van der Waals surface area (Å²) in [7, 11) is 3.97. The highest BCUT2D eigenvalue weighted by Crippen LogP contribution is 2.30. The van der Waals surface area contributed by atoms with Gasteiger partial charge in [0.1, 0.15) is 5.04 Å². The number of hydrogen-bond donors (Lipinski definition) is 1. The lowest BCUT2D eigenvalue weighted by atomic mass is 9.91. The molecule has 0 saturated carbocycles. The number of ketones is 1. The third-order valence-electron chi connectivity index (χ3n) is 3.80. The van der Waals surface area contributed by atoms with Crippen molar-refractivity contribution < 1.29 is 4.79 Å². The largest absolute Gasteiger partial charge is 0.378 e. The van der Waals surface area contributed by atoms with Crippen molar-refractivity contribution in [2.45, 2.75) is 11.3 Å². The van der Waals surface area contributed by atoms with E-state index in [4.69, 9.17) is 5.41 Å². The van der Waals surface area contributed by atoms with Gasteiger partial charge in [-0.3, -0.25) is 10.2 Å². The first-order valence-corrected chi connectivity index (χ1v) is 8.23. The van der Waals surface area contributed by atoms with Crippen molar-refractivity contribution >= 4 is 34.4 Å². The van der Waals surface area contributed by atoms with Crippen molar-refractivity contribution in [1.29, 1.82) is 5.41 Å². The molecule has 1 aliphatic carbocycles. The Morgan fingerprint density at radius 3 is 2.57 bits per heavy atom. The molecular formula is C19H18N2OS. The van der Waals surface area contributed by atoms with Gasteiger partial charge in [0.15, 0.2) is 5.78 Å². The van der Waals surface area contributed by atoms with Gasteiger partial charge in [-0.15, -0.1) is 0 Å². The standard InChI is InChI=1S/C19H18N2OS/c1-21(2)15-9-8-13-11-17(18(22)12-14(13)10-15)19(20)23-16-6-4-3-5-7-16/h3-11,20H,12H2,1-2H3. The second-order valence-electron chi connectivity index (χ2n) is 5.68. The highest BCUT2D eigenvalue weighted by Gasteiger charge is 2.22. The molecule has 0 bridgehead atoms. The molecule has 116 valence electrons. The smallest absolute Gasteiger partial charge is 0.169 e. The molecule has 0 heterocycles.